The molecular formula is C13H17FN2O3. The number of nitrogens with two attached hydrogens (primary N) is 1. The molecule has 5 nitrogen and oxygen atoms in total. The standard InChI is InChI=1S/C13H17FN2O3/c14-10-6-11(16(17)18)8-12(7-10)19-9-13(15)4-2-1-3-5-13/h6-8H,1-5,9,15H2. The van der Waals surface area contributed by atoms with Crippen molar-refractivity contribution in [2.45, 2.75) is 37.6 Å². The van der Waals surface area contributed by atoms with E-state index in [1.54, 1.807) is 0 Å². The van der Waals surface area contributed by atoms with E-state index in [4.69, 9.17) is 10.5 Å². The third-order valence-electron chi connectivity index (χ3n) is 3.44. The lowest BCUT2D eigenvalue weighted by Gasteiger charge is -2.32. The largest absolute Gasteiger partial charge is 0.491 e. The van der Waals surface area contributed by atoms with Gasteiger partial charge in [0.15, 0.2) is 0 Å². The maximum absolute atomic E-state index is 13.2. The summed E-state index contributed by atoms with van der Waals surface area (Å²) in [5.74, 6) is -0.527. The van der Waals surface area contributed by atoms with Crippen LogP contribution in [0.25, 0.3) is 0 Å². The Labute approximate surface area is 110 Å². The van der Waals surface area contributed by atoms with Crippen molar-refractivity contribution in [1.82, 2.24) is 0 Å². The highest BCUT2D eigenvalue weighted by atomic mass is 19.1. The van der Waals surface area contributed by atoms with Gasteiger partial charge in [0.05, 0.1) is 22.6 Å². The van der Waals surface area contributed by atoms with E-state index in [2.05, 4.69) is 0 Å². The SMILES string of the molecule is NC1(COc2cc(F)cc([N+](=O)[O-])c2)CCCCC1. The molecule has 2 N–H and O–H groups in total. The fourth-order valence-corrected chi connectivity index (χ4v) is 2.36. The van der Waals surface area contributed by atoms with Crippen LogP contribution in [0.15, 0.2) is 18.2 Å². The van der Waals surface area contributed by atoms with Gasteiger partial charge in [-0.05, 0) is 12.8 Å². The van der Waals surface area contributed by atoms with E-state index in [0.717, 1.165) is 37.8 Å². The van der Waals surface area contributed by atoms with Gasteiger partial charge in [0.2, 0.25) is 0 Å². The van der Waals surface area contributed by atoms with Crippen LogP contribution in [-0.2, 0) is 0 Å². The number of hydrogen-bond donors (Lipinski definition) is 1. The smallest absolute Gasteiger partial charge is 0.276 e. The average Bonchev–Trinajstić information content (AvgIpc) is 2.37. The normalized spacial score (nSPS) is 18.0. The van der Waals surface area contributed by atoms with Crippen LogP contribution >= 0.6 is 0 Å². The summed E-state index contributed by atoms with van der Waals surface area (Å²) in [6, 6.07) is 3.22. The summed E-state index contributed by atoms with van der Waals surface area (Å²) < 4.78 is 18.7. The van der Waals surface area contributed by atoms with Crippen molar-refractivity contribution in [3.63, 3.8) is 0 Å². The van der Waals surface area contributed by atoms with Crippen LogP contribution in [0.2, 0.25) is 0 Å². The highest BCUT2D eigenvalue weighted by molar-refractivity contribution is 5.38. The Bertz CT molecular complexity index is 473. The maximum atomic E-state index is 13.2. The minimum Gasteiger partial charge on any atom is -0.491 e. The number of benzene rings is 1. The van der Waals surface area contributed by atoms with Crippen molar-refractivity contribution in [3.8, 4) is 5.75 Å². The molecule has 0 aliphatic heterocycles. The molecular weight excluding hydrogens is 251 g/mol. The first-order valence-corrected chi connectivity index (χ1v) is 6.35. The van der Waals surface area contributed by atoms with Crippen LogP contribution < -0.4 is 10.5 Å². The molecule has 0 amide bonds. The fraction of sp³-hybridized carbons (Fsp3) is 0.538. The Balaban J connectivity index is 2.04. The van der Waals surface area contributed by atoms with Crippen molar-refractivity contribution in [1.29, 1.82) is 0 Å². The topological polar surface area (TPSA) is 78.4 Å². The van der Waals surface area contributed by atoms with E-state index >= 15 is 0 Å². The van der Waals surface area contributed by atoms with Crippen LogP contribution in [0.1, 0.15) is 32.1 Å². The second-order valence-corrected chi connectivity index (χ2v) is 5.11. The van der Waals surface area contributed by atoms with Gasteiger partial charge in [0, 0.05) is 6.07 Å². The van der Waals surface area contributed by atoms with Crippen LogP contribution in [0.5, 0.6) is 5.75 Å². The summed E-state index contributed by atoms with van der Waals surface area (Å²) in [5, 5.41) is 10.6. The van der Waals surface area contributed by atoms with Crippen molar-refractivity contribution >= 4 is 5.69 Å². The molecule has 0 aromatic heterocycles. The van der Waals surface area contributed by atoms with Crippen molar-refractivity contribution in [2.75, 3.05) is 6.61 Å². The minimum atomic E-state index is -0.682. The molecule has 0 atom stereocenters. The molecule has 0 bridgehead atoms. The molecule has 104 valence electrons. The Morgan fingerprint density at radius 1 is 1.32 bits per heavy atom. The number of non-ortho nitro benzene ring substituents is 1. The lowest BCUT2D eigenvalue weighted by molar-refractivity contribution is -0.385. The molecule has 0 spiro atoms. The third-order valence-corrected chi connectivity index (χ3v) is 3.44. The van der Waals surface area contributed by atoms with Crippen molar-refractivity contribution in [3.05, 3.63) is 34.1 Å². The molecule has 0 unspecified atom stereocenters. The number of rotatable bonds is 4. The molecule has 0 heterocycles. The zero-order valence-electron chi connectivity index (χ0n) is 10.6. The summed E-state index contributed by atoms with van der Waals surface area (Å²) in [6.07, 6.45) is 5.02. The Hall–Kier alpha value is -1.69. The zero-order chi connectivity index (χ0) is 13.9. The predicted octanol–water partition coefficient (Wildman–Crippen LogP) is 2.77. The van der Waals surface area contributed by atoms with E-state index in [1.807, 2.05) is 0 Å². The monoisotopic (exact) mass is 268 g/mol. The van der Waals surface area contributed by atoms with Gasteiger partial charge in [-0.25, -0.2) is 4.39 Å². The summed E-state index contributed by atoms with van der Waals surface area (Å²) >= 11 is 0. The Morgan fingerprint density at radius 3 is 2.63 bits per heavy atom. The molecule has 1 aliphatic carbocycles. The molecule has 1 aromatic rings. The van der Waals surface area contributed by atoms with Gasteiger partial charge in [-0.1, -0.05) is 19.3 Å². The highest BCUT2D eigenvalue weighted by Gasteiger charge is 2.28. The lowest BCUT2D eigenvalue weighted by Crippen LogP contribution is -2.47. The molecule has 6 heteroatoms. The van der Waals surface area contributed by atoms with Crippen LogP contribution in [0.3, 0.4) is 0 Å². The van der Waals surface area contributed by atoms with Crippen molar-refractivity contribution in [2.24, 2.45) is 5.73 Å². The first-order chi connectivity index (χ1) is 8.98. The number of halogens is 1. The van der Waals surface area contributed by atoms with E-state index in [9.17, 15) is 14.5 Å². The molecule has 1 saturated carbocycles. The second kappa shape index (κ2) is 5.52. The molecule has 1 fully saturated rings. The lowest BCUT2D eigenvalue weighted by atomic mass is 9.83. The molecule has 0 saturated heterocycles. The number of hydrogen-bond acceptors (Lipinski definition) is 4. The summed E-state index contributed by atoms with van der Waals surface area (Å²) in [7, 11) is 0. The van der Waals surface area contributed by atoms with Crippen LogP contribution in [0, 0.1) is 15.9 Å². The predicted molar refractivity (Wildman–Crippen MR) is 68.6 cm³/mol. The molecule has 2 rings (SSSR count). The number of ether oxygens (including phenoxy) is 1. The van der Waals surface area contributed by atoms with Gasteiger partial charge >= 0.3 is 0 Å². The molecule has 19 heavy (non-hydrogen) atoms. The summed E-state index contributed by atoms with van der Waals surface area (Å²) in [5.41, 5.74) is 5.47. The van der Waals surface area contributed by atoms with Gasteiger partial charge in [-0.2, -0.15) is 0 Å². The minimum absolute atomic E-state index is 0.155. The fourth-order valence-electron chi connectivity index (χ4n) is 2.36. The van der Waals surface area contributed by atoms with Crippen molar-refractivity contribution < 1.29 is 14.1 Å². The Morgan fingerprint density at radius 2 is 2.00 bits per heavy atom. The van der Waals surface area contributed by atoms with E-state index in [-0.39, 0.29) is 18.0 Å². The number of nitro benzene ring substituents is 1. The molecule has 1 aromatic carbocycles. The zero-order valence-corrected chi connectivity index (χ0v) is 10.6. The van der Waals surface area contributed by atoms with E-state index < -0.39 is 16.3 Å². The highest BCUT2D eigenvalue weighted by Crippen LogP contribution is 2.28. The van der Waals surface area contributed by atoms with Gasteiger partial charge in [-0.15, -0.1) is 0 Å². The first kappa shape index (κ1) is 13.7. The van der Waals surface area contributed by atoms with Gasteiger partial charge < -0.3 is 10.5 Å². The summed E-state index contributed by atoms with van der Waals surface area (Å²) in [6.45, 7) is 0.258. The Kier molecular flexibility index (Phi) is 3.99. The molecule has 0 radical (unpaired) electrons. The van der Waals surface area contributed by atoms with Crippen LogP contribution in [-0.4, -0.2) is 17.1 Å². The van der Waals surface area contributed by atoms with Gasteiger partial charge in [-0.3, -0.25) is 10.1 Å². The second-order valence-electron chi connectivity index (χ2n) is 5.11. The number of nitrogens with zero attached hydrogens (tertiary/aromatic N) is 1. The summed E-state index contributed by atoms with van der Waals surface area (Å²) in [4.78, 5) is 9.99. The quantitative estimate of drug-likeness (QED) is 0.672. The third kappa shape index (κ3) is 3.64. The number of nitro groups is 1. The average molecular weight is 268 g/mol. The van der Waals surface area contributed by atoms with Gasteiger partial charge in [0.1, 0.15) is 18.2 Å². The molecule has 1 aliphatic rings. The van der Waals surface area contributed by atoms with E-state index in [1.165, 1.54) is 12.5 Å². The van der Waals surface area contributed by atoms with E-state index in [0.29, 0.717) is 0 Å². The first-order valence-electron chi connectivity index (χ1n) is 6.35. The van der Waals surface area contributed by atoms with Gasteiger partial charge in [0.25, 0.3) is 5.69 Å². The van der Waals surface area contributed by atoms with Crippen LogP contribution in [0.4, 0.5) is 10.1 Å². The maximum Gasteiger partial charge on any atom is 0.276 e.